The van der Waals surface area contributed by atoms with Crippen LogP contribution in [0.15, 0.2) is 45.7 Å². The van der Waals surface area contributed by atoms with Crippen molar-refractivity contribution < 1.29 is 27.3 Å². The number of nitrogens with zero attached hydrogens (tertiary/aromatic N) is 3. The van der Waals surface area contributed by atoms with E-state index in [1.807, 2.05) is 0 Å². The number of aryl methyl sites for hydroxylation is 1. The summed E-state index contributed by atoms with van der Waals surface area (Å²) in [6.07, 6.45) is 0. The Morgan fingerprint density at radius 2 is 1.85 bits per heavy atom. The number of hydrogen-bond acceptors (Lipinski definition) is 7. The lowest BCUT2D eigenvalue weighted by Gasteiger charge is -2.33. The van der Waals surface area contributed by atoms with Gasteiger partial charge in [0.2, 0.25) is 10.0 Å². The highest BCUT2D eigenvalue weighted by Crippen LogP contribution is 2.32. The van der Waals surface area contributed by atoms with Crippen LogP contribution >= 0.6 is 11.6 Å². The highest BCUT2D eigenvalue weighted by atomic mass is 35.5. The highest BCUT2D eigenvalue weighted by molar-refractivity contribution is 7.89. The largest absolute Gasteiger partial charge is 0.490 e. The molecule has 1 fully saturated rings. The van der Waals surface area contributed by atoms with Gasteiger partial charge in [-0.3, -0.25) is 14.9 Å². The van der Waals surface area contributed by atoms with Gasteiger partial charge in [-0.1, -0.05) is 11.6 Å². The van der Waals surface area contributed by atoms with Crippen molar-refractivity contribution in [3.05, 3.63) is 62.9 Å². The molecule has 0 aliphatic carbocycles. The number of carbonyl (C=O) groups excluding carboxylic acids is 1. The first-order valence-electron chi connectivity index (χ1n) is 9.94. The highest BCUT2D eigenvalue weighted by Gasteiger charge is 2.33. The number of piperazine rings is 1. The third-order valence-corrected chi connectivity index (χ3v) is 7.73. The van der Waals surface area contributed by atoms with E-state index < -0.39 is 20.6 Å². The number of methoxy groups -OCH3 is 1. The van der Waals surface area contributed by atoms with Crippen molar-refractivity contribution in [2.75, 3.05) is 33.3 Å². The molecule has 10 nitrogen and oxygen atoms in total. The minimum absolute atomic E-state index is 0.0307. The number of ether oxygens (including phenoxy) is 1. The van der Waals surface area contributed by atoms with E-state index in [0.29, 0.717) is 16.2 Å². The lowest BCUT2D eigenvalue weighted by Crippen LogP contribution is -2.50. The second kappa shape index (κ2) is 8.65. The van der Waals surface area contributed by atoms with Crippen molar-refractivity contribution >= 4 is 44.2 Å². The molecule has 0 saturated carbocycles. The summed E-state index contributed by atoms with van der Waals surface area (Å²) in [6.45, 7) is 2.14. The number of halogens is 1. The SMILES string of the molecule is COc1ccc(S(=O)(=O)N2CCN(C(=O)c3oc4ccc(Cl)cc4c3C)CC2)cc1[N+](=O)[O-]. The number of amides is 1. The van der Waals surface area contributed by atoms with Crippen molar-refractivity contribution in [2.45, 2.75) is 11.8 Å². The van der Waals surface area contributed by atoms with Crippen LogP contribution in [0.3, 0.4) is 0 Å². The number of sulfonamides is 1. The van der Waals surface area contributed by atoms with Gasteiger partial charge in [0.05, 0.1) is 16.9 Å². The molecule has 174 valence electrons. The van der Waals surface area contributed by atoms with Gasteiger partial charge in [0.25, 0.3) is 5.91 Å². The molecule has 2 heterocycles. The minimum Gasteiger partial charge on any atom is -0.490 e. The zero-order chi connectivity index (χ0) is 23.9. The first kappa shape index (κ1) is 23.0. The fourth-order valence-corrected chi connectivity index (χ4v) is 5.41. The maximum atomic E-state index is 13.0. The number of carbonyl (C=O) groups is 1. The molecule has 0 spiro atoms. The second-order valence-corrected chi connectivity index (χ2v) is 9.86. The molecule has 33 heavy (non-hydrogen) atoms. The van der Waals surface area contributed by atoms with Crippen molar-refractivity contribution in [3.63, 3.8) is 0 Å². The molecule has 0 bridgehead atoms. The summed E-state index contributed by atoms with van der Waals surface area (Å²) in [5.41, 5.74) is 0.772. The van der Waals surface area contributed by atoms with E-state index in [4.69, 9.17) is 20.8 Å². The Labute approximate surface area is 194 Å². The van der Waals surface area contributed by atoms with Gasteiger partial charge in [0.15, 0.2) is 11.5 Å². The first-order valence-corrected chi connectivity index (χ1v) is 11.8. The molecule has 0 atom stereocenters. The van der Waals surface area contributed by atoms with Gasteiger partial charge in [-0.05, 0) is 37.3 Å². The summed E-state index contributed by atoms with van der Waals surface area (Å²) in [7, 11) is -2.72. The summed E-state index contributed by atoms with van der Waals surface area (Å²) in [5.74, 6) is -0.178. The van der Waals surface area contributed by atoms with E-state index in [0.717, 1.165) is 11.5 Å². The van der Waals surface area contributed by atoms with Gasteiger partial charge >= 0.3 is 5.69 Å². The topological polar surface area (TPSA) is 123 Å². The van der Waals surface area contributed by atoms with Crippen LogP contribution in [0, 0.1) is 17.0 Å². The van der Waals surface area contributed by atoms with E-state index in [1.54, 1.807) is 25.1 Å². The summed E-state index contributed by atoms with van der Waals surface area (Å²) in [4.78, 5) is 24.9. The smallest absolute Gasteiger partial charge is 0.312 e. The van der Waals surface area contributed by atoms with Crippen LogP contribution in [-0.4, -0.2) is 61.7 Å². The number of fused-ring (bicyclic) bond motifs is 1. The molecular weight excluding hydrogens is 474 g/mol. The fourth-order valence-electron chi connectivity index (χ4n) is 3.79. The average molecular weight is 494 g/mol. The first-order chi connectivity index (χ1) is 15.6. The summed E-state index contributed by atoms with van der Waals surface area (Å²) in [6, 6.07) is 8.59. The maximum absolute atomic E-state index is 13.0. The van der Waals surface area contributed by atoms with Crippen LogP contribution in [0.5, 0.6) is 5.75 Å². The molecule has 0 unspecified atom stereocenters. The molecule has 1 saturated heterocycles. The monoisotopic (exact) mass is 493 g/mol. The Bertz CT molecular complexity index is 1360. The normalized spacial score (nSPS) is 15.1. The molecule has 1 amide bonds. The van der Waals surface area contributed by atoms with E-state index >= 15 is 0 Å². The van der Waals surface area contributed by atoms with Crippen LogP contribution in [0.1, 0.15) is 16.1 Å². The standard InChI is InChI=1S/C21H20ClN3O7S/c1-13-16-11-14(22)3-5-18(16)32-20(13)21(26)23-7-9-24(10-8-23)33(29,30)15-4-6-19(31-2)17(12-15)25(27)28/h3-6,11-12H,7-10H2,1-2H3. The lowest BCUT2D eigenvalue weighted by atomic mass is 10.1. The van der Waals surface area contributed by atoms with Crippen molar-refractivity contribution in [2.24, 2.45) is 0 Å². The fraction of sp³-hybridized carbons (Fsp3) is 0.286. The molecule has 0 N–H and O–H groups in total. The Hall–Kier alpha value is -3.15. The number of furan rings is 1. The van der Waals surface area contributed by atoms with Gasteiger partial charge in [-0.2, -0.15) is 4.31 Å². The Kier molecular flexibility index (Phi) is 6.04. The van der Waals surface area contributed by atoms with Gasteiger partial charge in [0, 0.05) is 48.2 Å². The third-order valence-electron chi connectivity index (χ3n) is 5.60. The van der Waals surface area contributed by atoms with Crippen molar-refractivity contribution in [1.29, 1.82) is 0 Å². The van der Waals surface area contributed by atoms with Crippen molar-refractivity contribution in [3.8, 4) is 5.75 Å². The minimum atomic E-state index is -3.99. The number of nitro benzene ring substituents is 1. The molecule has 1 aromatic heterocycles. The Morgan fingerprint density at radius 3 is 2.48 bits per heavy atom. The third kappa shape index (κ3) is 4.14. The Balaban J connectivity index is 1.52. The lowest BCUT2D eigenvalue weighted by molar-refractivity contribution is -0.386. The van der Waals surface area contributed by atoms with Gasteiger partial charge in [0.1, 0.15) is 5.58 Å². The molecule has 4 rings (SSSR count). The van der Waals surface area contributed by atoms with Crippen LogP contribution in [0.25, 0.3) is 11.0 Å². The summed E-state index contributed by atoms with van der Waals surface area (Å²) >= 11 is 6.04. The molecule has 2 aromatic carbocycles. The number of benzene rings is 2. The van der Waals surface area contributed by atoms with Crippen LogP contribution < -0.4 is 4.74 Å². The van der Waals surface area contributed by atoms with Crippen LogP contribution in [0.2, 0.25) is 5.02 Å². The van der Waals surface area contributed by atoms with Crippen LogP contribution in [-0.2, 0) is 10.0 Å². The van der Waals surface area contributed by atoms with E-state index in [2.05, 4.69) is 0 Å². The van der Waals surface area contributed by atoms with Crippen molar-refractivity contribution in [1.82, 2.24) is 9.21 Å². The second-order valence-electron chi connectivity index (χ2n) is 7.48. The maximum Gasteiger partial charge on any atom is 0.312 e. The predicted octanol–water partition coefficient (Wildman–Crippen LogP) is 3.46. The average Bonchev–Trinajstić information content (AvgIpc) is 3.13. The van der Waals surface area contributed by atoms with Gasteiger partial charge < -0.3 is 14.1 Å². The zero-order valence-electron chi connectivity index (χ0n) is 17.8. The predicted molar refractivity (Wildman–Crippen MR) is 120 cm³/mol. The van der Waals surface area contributed by atoms with E-state index in [1.165, 1.54) is 28.4 Å². The molecule has 3 aromatic rings. The number of hydrogen-bond donors (Lipinski definition) is 0. The summed E-state index contributed by atoms with van der Waals surface area (Å²) in [5, 5.41) is 12.5. The summed E-state index contributed by atoms with van der Waals surface area (Å²) < 4.78 is 37.9. The molecule has 0 radical (unpaired) electrons. The van der Waals surface area contributed by atoms with Crippen LogP contribution in [0.4, 0.5) is 5.69 Å². The molecular formula is C21H20ClN3O7S. The number of rotatable bonds is 5. The zero-order valence-corrected chi connectivity index (χ0v) is 19.4. The quantitative estimate of drug-likeness (QED) is 0.394. The van der Waals surface area contributed by atoms with E-state index in [-0.39, 0.29) is 48.5 Å². The number of nitro groups is 1. The van der Waals surface area contributed by atoms with Gasteiger partial charge in [-0.15, -0.1) is 0 Å². The van der Waals surface area contributed by atoms with E-state index in [9.17, 15) is 23.3 Å². The molecule has 12 heteroatoms. The van der Waals surface area contributed by atoms with Gasteiger partial charge in [-0.25, -0.2) is 8.42 Å². The molecule has 1 aliphatic heterocycles. The molecule has 1 aliphatic rings. The Morgan fingerprint density at radius 1 is 1.15 bits per heavy atom.